The van der Waals surface area contributed by atoms with Crippen LogP contribution < -0.4 is 9.47 Å². The van der Waals surface area contributed by atoms with Crippen LogP contribution in [0.2, 0.25) is 0 Å². The minimum atomic E-state index is -0.894. The number of rotatable bonds is 6. The van der Waals surface area contributed by atoms with E-state index in [1.54, 1.807) is 7.11 Å². The average Bonchev–Trinajstić information content (AvgIpc) is 3.04. The van der Waals surface area contributed by atoms with Crippen LogP contribution >= 0.6 is 0 Å². The van der Waals surface area contributed by atoms with Crippen LogP contribution in [-0.4, -0.2) is 72.7 Å². The number of ether oxygens (including phenoxy) is 2. The van der Waals surface area contributed by atoms with Crippen molar-refractivity contribution in [3.63, 3.8) is 0 Å². The second-order valence-corrected chi connectivity index (χ2v) is 7.55. The van der Waals surface area contributed by atoms with Gasteiger partial charge in [-0.15, -0.1) is 0 Å². The molecule has 0 aromatic heterocycles. The molecule has 3 rings (SSSR count). The van der Waals surface area contributed by atoms with Crippen LogP contribution in [0.3, 0.4) is 0 Å². The predicted octanol–water partition coefficient (Wildman–Crippen LogP) is 1.86. The lowest BCUT2D eigenvalue weighted by atomic mass is 9.76. The molecule has 1 aromatic carbocycles. The van der Waals surface area contributed by atoms with E-state index >= 15 is 0 Å². The number of piperidine rings is 1. The van der Waals surface area contributed by atoms with Gasteiger partial charge in [0.25, 0.3) is 0 Å². The third-order valence-corrected chi connectivity index (χ3v) is 5.85. The number of carbonyl (C=O) groups is 2. The summed E-state index contributed by atoms with van der Waals surface area (Å²) < 4.78 is 11.1. The summed E-state index contributed by atoms with van der Waals surface area (Å²) in [5.41, 5.74) is -0.0608. The van der Waals surface area contributed by atoms with Gasteiger partial charge in [0.15, 0.2) is 11.5 Å². The Balaban J connectivity index is 1.49. The molecule has 2 saturated heterocycles. The van der Waals surface area contributed by atoms with Gasteiger partial charge >= 0.3 is 5.97 Å². The second kappa shape index (κ2) is 8.17. The first-order valence-corrected chi connectivity index (χ1v) is 9.42. The quantitative estimate of drug-likeness (QED) is 0.816. The van der Waals surface area contributed by atoms with Gasteiger partial charge in [0, 0.05) is 20.0 Å². The number of hydrogen-bond acceptors (Lipinski definition) is 5. The smallest absolute Gasteiger partial charge is 0.326 e. The molecule has 1 spiro atoms. The third-order valence-electron chi connectivity index (χ3n) is 5.85. The van der Waals surface area contributed by atoms with Gasteiger partial charge in [-0.25, -0.2) is 4.79 Å². The van der Waals surface area contributed by atoms with Crippen LogP contribution in [0.1, 0.15) is 26.2 Å². The lowest BCUT2D eigenvalue weighted by Crippen LogP contribution is -2.43. The van der Waals surface area contributed by atoms with E-state index < -0.39 is 12.0 Å². The van der Waals surface area contributed by atoms with Crippen molar-refractivity contribution in [2.24, 2.45) is 5.41 Å². The summed E-state index contributed by atoms with van der Waals surface area (Å²) >= 11 is 0. The fraction of sp³-hybridized carbons (Fsp3) is 0.600. The molecule has 2 aliphatic rings. The van der Waals surface area contributed by atoms with E-state index in [9.17, 15) is 14.7 Å². The number of hydrogen-bond donors (Lipinski definition) is 1. The summed E-state index contributed by atoms with van der Waals surface area (Å²) in [4.78, 5) is 27.2. The number of methoxy groups -OCH3 is 1. The molecule has 2 heterocycles. The Labute approximate surface area is 159 Å². The molecule has 2 aliphatic heterocycles. The molecule has 1 unspecified atom stereocenters. The van der Waals surface area contributed by atoms with Gasteiger partial charge in [-0.05, 0) is 49.9 Å². The Hall–Kier alpha value is -2.28. The largest absolute Gasteiger partial charge is 0.493 e. The highest BCUT2D eigenvalue weighted by atomic mass is 16.5. The number of amides is 1. The van der Waals surface area contributed by atoms with Gasteiger partial charge < -0.3 is 19.5 Å². The monoisotopic (exact) mass is 376 g/mol. The highest BCUT2D eigenvalue weighted by molar-refractivity contribution is 5.83. The maximum absolute atomic E-state index is 11.8. The van der Waals surface area contributed by atoms with Crippen molar-refractivity contribution in [1.82, 2.24) is 9.80 Å². The van der Waals surface area contributed by atoms with Gasteiger partial charge in [0.2, 0.25) is 5.91 Å². The Bertz CT molecular complexity index is 661. The molecular formula is C20H28N2O5. The van der Waals surface area contributed by atoms with Crippen LogP contribution in [-0.2, 0) is 9.59 Å². The van der Waals surface area contributed by atoms with Crippen LogP contribution in [0.4, 0.5) is 0 Å². The predicted molar refractivity (Wildman–Crippen MR) is 100 cm³/mol. The first-order valence-electron chi connectivity index (χ1n) is 9.42. The van der Waals surface area contributed by atoms with Crippen molar-refractivity contribution in [3.05, 3.63) is 24.3 Å². The first-order chi connectivity index (χ1) is 12.9. The van der Waals surface area contributed by atoms with Gasteiger partial charge in [0.05, 0.1) is 7.11 Å². The molecule has 148 valence electrons. The topological polar surface area (TPSA) is 79.3 Å². The zero-order chi connectivity index (χ0) is 19.4. The standard InChI is InChI=1S/C20H28N2O5/c1-15(23)22-14-20(13-16(22)19(24)25)7-9-21(10-8-20)11-12-27-18-6-4-3-5-17(18)26-2/h3-6,16H,7-14H2,1-2H3,(H,24,25). The molecule has 0 saturated carbocycles. The van der Waals surface area contributed by atoms with Gasteiger partial charge in [0.1, 0.15) is 12.6 Å². The fourth-order valence-corrected chi connectivity index (χ4v) is 4.24. The van der Waals surface area contributed by atoms with Crippen molar-refractivity contribution >= 4 is 11.9 Å². The molecule has 2 fully saturated rings. The molecule has 1 amide bonds. The molecular weight excluding hydrogens is 348 g/mol. The lowest BCUT2D eigenvalue weighted by molar-refractivity contribution is -0.147. The Morgan fingerprint density at radius 3 is 2.44 bits per heavy atom. The Morgan fingerprint density at radius 1 is 1.22 bits per heavy atom. The second-order valence-electron chi connectivity index (χ2n) is 7.55. The number of carboxylic acids is 1. The van der Waals surface area contributed by atoms with Crippen LogP contribution in [0.25, 0.3) is 0 Å². The highest BCUT2D eigenvalue weighted by Gasteiger charge is 2.48. The third kappa shape index (κ3) is 4.35. The molecule has 7 nitrogen and oxygen atoms in total. The minimum absolute atomic E-state index is 0.0608. The molecule has 1 atom stereocenters. The molecule has 0 bridgehead atoms. The number of benzene rings is 1. The van der Waals surface area contributed by atoms with E-state index in [1.165, 1.54) is 11.8 Å². The van der Waals surface area contributed by atoms with E-state index in [4.69, 9.17) is 9.47 Å². The number of nitrogens with zero attached hydrogens (tertiary/aromatic N) is 2. The maximum atomic E-state index is 11.8. The van der Waals surface area contributed by atoms with Crippen LogP contribution in [0.15, 0.2) is 24.3 Å². The summed E-state index contributed by atoms with van der Waals surface area (Å²) in [6.45, 7) is 5.20. The van der Waals surface area contributed by atoms with E-state index in [1.807, 2.05) is 24.3 Å². The number of likely N-dealkylation sites (tertiary alicyclic amines) is 2. The SMILES string of the molecule is COc1ccccc1OCCN1CCC2(CC1)CC(C(=O)O)N(C(C)=O)C2. The molecule has 7 heteroatoms. The summed E-state index contributed by atoms with van der Waals surface area (Å²) in [5.74, 6) is 0.428. The van der Waals surface area contributed by atoms with E-state index in [-0.39, 0.29) is 11.3 Å². The molecule has 0 radical (unpaired) electrons. The van der Waals surface area contributed by atoms with Crippen molar-refractivity contribution in [1.29, 1.82) is 0 Å². The van der Waals surface area contributed by atoms with E-state index in [0.717, 1.165) is 44.0 Å². The fourth-order valence-electron chi connectivity index (χ4n) is 4.24. The highest BCUT2D eigenvalue weighted by Crippen LogP contribution is 2.43. The zero-order valence-electron chi connectivity index (χ0n) is 16.0. The molecule has 0 aliphatic carbocycles. The van der Waals surface area contributed by atoms with Crippen molar-refractivity contribution in [3.8, 4) is 11.5 Å². The number of carboxylic acid groups (broad SMARTS) is 1. The van der Waals surface area contributed by atoms with E-state index in [0.29, 0.717) is 19.6 Å². The summed E-state index contributed by atoms with van der Waals surface area (Å²) in [7, 11) is 1.63. The maximum Gasteiger partial charge on any atom is 0.326 e. The van der Waals surface area contributed by atoms with Crippen LogP contribution in [0.5, 0.6) is 11.5 Å². The number of para-hydroxylation sites is 2. The van der Waals surface area contributed by atoms with Gasteiger partial charge in [-0.1, -0.05) is 12.1 Å². The number of aliphatic carboxylic acids is 1. The Morgan fingerprint density at radius 2 is 1.89 bits per heavy atom. The lowest BCUT2D eigenvalue weighted by Gasteiger charge is -2.39. The van der Waals surface area contributed by atoms with Crippen LogP contribution in [0, 0.1) is 5.41 Å². The first kappa shape index (κ1) is 19.5. The summed E-state index contributed by atoms with van der Waals surface area (Å²) in [6.07, 6.45) is 2.39. The molecule has 27 heavy (non-hydrogen) atoms. The van der Waals surface area contributed by atoms with Gasteiger partial charge in [-0.3, -0.25) is 9.69 Å². The molecule has 1 aromatic rings. The van der Waals surface area contributed by atoms with Crippen molar-refractivity contribution < 1.29 is 24.2 Å². The normalized spacial score (nSPS) is 22.0. The zero-order valence-corrected chi connectivity index (χ0v) is 16.0. The van der Waals surface area contributed by atoms with Gasteiger partial charge in [-0.2, -0.15) is 0 Å². The molecule has 1 N–H and O–H groups in total. The summed E-state index contributed by atoms with van der Waals surface area (Å²) in [5, 5.41) is 9.43. The minimum Gasteiger partial charge on any atom is -0.493 e. The van der Waals surface area contributed by atoms with Crippen molar-refractivity contribution in [2.75, 3.05) is 39.9 Å². The Kier molecular flexibility index (Phi) is 5.89. The summed E-state index contributed by atoms with van der Waals surface area (Å²) in [6, 6.07) is 6.92. The average molecular weight is 376 g/mol. The van der Waals surface area contributed by atoms with E-state index in [2.05, 4.69) is 4.90 Å². The number of carbonyl (C=O) groups excluding carboxylic acids is 1. The van der Waals surface area contributed by atoms with Crippen molar-refractivity contribution in [2.45, 2.75) is 32.2 Å².